The minimum atomic E-state index is -0.584. The molecule has 102 valence electrons. The van der Waals surface area contributed by atoms with Gasteiger partial charge in [0.2, 0.25) is 0 Å². The van der Waals surface area contributed by atoms with Gasteiger partial charge in [0.15, 0.2) is 5.82 Å². The first kappa shape index (κ1) is 15.1. The molecule has 1 aromatic heterocycles. The fourth-order valence-electron chi connectivity index (χ4n) is 1.50. The molecule has 1 heterocycles. The summed E-state index contributed by atoms with van der Waals surface area (Å²) in [6, 6.07) is 1.64. The zero-order valence-corrected chi connectivity index (χ0v) is 11.5. The predicted molar refractivity (Wildman–Crippen MR) is 68.9 cm³/mol. The first-order valence-corrected chi connectivity index (χ1v) is 5.85. The largest absolute Gasteiger partial charge is 0.389 e. The van der Waals surface area contributed by atoms with Crippen LogP contribution in [0.4, 0.5) is 5.82 Å². The van der Waals surface area contributed by atoms with Gasteiger partial charge in [-0.2, -0.15) is 0 Å². The van der Waals surface area contributed by atoms with E-state index in [9.17, 15) is 5.11 Å². The maximum absolute atomic E-state index is 9.66. The van der Waals surface area contributed by atoms with Crippen molar-refractivity contribution in [1.82, 2.24) is 9.97 Å². The molecule has 0 aliphatic carbocycles. The van der Waals surface area contributed by atoms with Crippen LogP contribution in [0.25, 0.3) is 0 Å². The van der Waals surface area contributed by atoms with E-state index >= 15 is 0 Å². The lowest BCUT2D eigenvalue weighted by Crippen LogP contribution is -2.32. The number of hydrogen-bond donors (Lipinski definition) is 1. The summed E-state index contributed by atoms with van der Waals surface area (Å²) >= 11 is 5.91. The summed E-state index contributed by atoms with van der Waals surface area (Å²) in [6.45, 7) is 0.962. The van der Waals surface area contributed by atoms with Crippen molar-refractivity contribution < 1.29 is 14.6 Å². The molecule has 0 fully saturated rings. The molecule has 0 bridgehead atoms. The van der Waals surface area contributed by atoms with Crippen molar-refractivity contribution in [3.8, 4) is 0 Å². The van der Waals surface area contributed by atoms with Crippen LogP contribution >= 0.6 is 11.6 Å². The first-order valence-electron chi connectivity index (χ1n) is 5.47. The summed E-state index contributed by atoms with van der Waals surface area (Å²) in [4.78, 5) is 10.1. The molecule has 6 nitrogen and oxygen atoms in total. The quantitative estimate of drug-likeness (QED) is 0.740. The van der Waals surface area contributed by atoms with Crippen molar-refractivity contribution in [2.24, 2.45) is 0 Å². The van der Waals surface area contributed by atoms with Crippen molar-refractivity contribution in [2.45, 2.75) is 12.7 Å². The Hall–Kier alpha value is -0.950. The molecule has 1 N–H and O–H groups in total. The number of halogens is 1. The van der Waals surface area contributed by atoms with Crippen LogP contribution in [-0.4, -0.2) is 55.6 Å². The number of methoxy groups -OCH3 is 2. The van der Waals surface area contributed by atoms with Crippen LogP contribution in [0.1, 0.15) is 5.82 Å². The van der Waals surface area contributed by atoms with E-state index in [4.69, 9.17) is 21.1 Å². The molecule has 18 heavy (non-hydrogen) atoms. The molecule has 0 aliphatic heterocycles. The maximum atomic E-state index is 9.66. The van der Waals surface area contributed by atoms with Gasteiger partial charge in [0.1, 0.15) is 17.6 Å². The zero-order chi connectivity index (χ0) is 13.5. The third-order valence-electron chi connectivity index (χ3n) is 2.24. The van der Waals surface area contributed by atoms with Crippen LogP contribution in [0.5, 0.6) is 0 Å². The van der Waals surface area contributed by atoms with Crippen molar-refractivity contribution >= 4 is 17.4 Å². The molecule has 0 aliphatic rings. The second kappa shape index (κ2) is 7.48. The summed E-state index contributed by atoms with van der Waals surface area (Å²) in [5, 5.41) is 10.0. The van der Waals surface area contributed by atoms with Crippen LogP contribution in [0.2, 0.25) is 5.15 Å². The standard InChI is InChI=1S/C11H18ClN3O3/c1-15(5-8(16)6-17-2)11-4-9(12)13-10(14-11)7-18-3/h4,8,16H,5-7H2,1-3H3. The monoisotopic (exact) mass is 275 g/mol. The molecule has 0 spiro atoms. The number of ether oxygens (including phenoxy) is 2. The van der Waals surface area contributed by atoms with E-state index < -0.39 is 6.10 Å². The lowest BCUT2D eigenvalue weighted by atomic mass is 10.3. The lowest BCUT2D eigenvalue weighted by molar-refractivity contribution is 0.0694. The number of likely N-dealkylation sites (N-methyl/N-ethyl adjacent to an activating group) is 1. The van der Waals surface area contributed by atoms with E-state index in [1.165, 1.54) is 0 Å². The van der Waals surface area contributed by atoms with Gasteiger partial charge in [-0.25, -0.2) is 9.97 Å². The Kier molecular flexibility index (Phi) is 6.28. The van der Waals surface area contributed by atoms with Crippen LogP contribution in [0, 0.1) is 0 Å². The van der Waals surface area contributed by atoms with E-state index in [2.05, 4.69) is 9.97 Å². The highest BCUT2D eigenvalue weighted by Crippen LogP contribution is 2.15. The van der Waals surface area contributed by atoms with Gasteiger partial charge in [0.25, 0.3) is 0 Å². The van der Waals surface area contributed by atoms with Crippen LogP contribution in [-0.2, 0) is 16.1 Å². The summed E-state index contributed by atoms with van der Waals surface area (Å²) in [5.41, 5.74) is 0. The topological polar surface area (TPSA) is 67.7 Å². The second-order valence-electron chi connectivity index (χ2n) is 3.89. The molecule has 1 atom stereocenters. The summed E-state index contributed by atoms with van der Waals surface area (Å²) in [7, 11) is 4.92. The molecule has 1 aromatic rings. The number of aliphatic hydroxyl groups excluding tert-OH is 1. The minimum Gasteiger partial charge on any atom is -0.389 e. The van der Waals surface area contributed by atoms with Gasteiger partial charge in [-0.3, -0.25) is 0 Å². The minimum absolute atomic E-state index is 0.272. The van der Waals surface area contributed by atoms with Crippen LogP contribution in [0.3, 0.4) is 0 Å². The molecule has 1 unspecified atom stereocenters. The highest BCUT2D eigenvalue weighted by molar-refractivity contribution is 6.29. The number of hydrogen-bond acceptors (Lipinski definition) is 6. The fourth-order valence-corrected chi connectivity index (χ4v) is 1.69. The molecular weight excluding hydrogens is 258 g/mol. The molecule has 7 heteroatoms. The van der Waals surface area contributed by atoms with Crippen molar-refractivity contribution in [1.29, 1.82) is 0 Å². The number of aromatic nitrogens is 2. The van der Waals surface area contributed by atoms with Gasteiger partial charge in [0, 0.05) is 33.9 Å². The Morgan fingerprint density at radius 3 is 2.72 bits per heavy atom. The van der Waals surface area contributed by atoms with E-state index in [1.54, 1.807) is 25.2 Å². The molecule has 0 aromatic carbocycles. The van der Waals surface area contributed by atoms with Gasteiger partial charge < -0.3 is 19.5 Å². The molecule has 0 amide bonds. The van der Waals surface area contributed by atoms with Crippen LogP contribution < -0.4 is 4.90 Å². The van der Waals surface area contributed by atoms with Gasteiger partial charge in [0.05, 0.1) is 12.7 Å². The molecule has 0 saturated carbocycles. The van der Waals surface area contributed by atoms with Gasteiger partial charge in [-0.05, 0) is 0 Å². The molecule has 0 saturated heterocycles. The third-order valence-corrected chi connectivity index (χ3v) is 2.43. The Morgan fingerprint density at radius 2 is 2.11 bits per heavy atom. The van der Waals surface area contributed by atoms with E-state index in [-0.39, 0.29) is 6.61 Å². The third kappa shape index (κ3) is 4.73. The van der Waals surface area contributed by atoms with E-state index in [0.717, 1.165) is 0 Å². The summed E-state index contributed by atoms with van der Waals surface area (Å²) in [5.74, 6) is 1.14. The first-order chi connectivity index (χ1) is 8.56. The lowest BCUT2D eigenvalue weighted by Gasteiger charge is -2.21. The van der Waals surface area contributed by atoms with E-state index in [1.807, 2.05) is 7.05 Å². The molecule has 0 radical (unpaired) electrons. The number of nitrogens with zero attached hydrogens (tertiary/aromatic N) is 3. The Balaban J connectivity index is 2.74. The second-order valence-corrected chi connectivity index (χ2v) is 4.28. The number of rotatable bonds is 7. The zero-order valence-electron chi connectivity index (χ0n) is 10.8. The predicted octanol–water partition coefficient (Wildman–Crippen LogP) is 0.720. The Labute approximate surface area is 112 Å². The summed E-state index contributed by atoms with van der Waals surface area (Å²) < 4.78 is 9.84. The smallest absolute Gasteiger partial charge is 0.158 e. The highest BCUT2D eigenvalue weighted by atomic mass is 35.5. The van der Waals surface area contributed by atoms with Crippen molar-refractivity contribution in [3.05, 3.63) is 17.0 Å². The normalized spacial score (nSPS) is 12.5. The molecular formula is C11H18ClN3O3. The SMILES string of the molecule is COCc1nc(Cl)cc(N(C)CC(O)COC)n1. The highest BCUT2D eigenvalue weighted by Gasteiger charge is 2.12. The Bertz CT molecular complexity index is 379. The maximum Gasteiger partial charge on any atom is 0.158 e. The van der Waals surface area contributed by atoms with Crippen molar-refractivity contribution in [3.63, 3.8) is 0 Å². The number of aliphatic hydroxyl groups is 1. The summed E-state index contributed by atoms with van der Waals surface area (Å²) in [6.07, 6.45) is -0.584. The average molecular weight is 276 g/mol. The Morgan fingerprint density at radius 1 is 1.39 bits per heavy atom. The molecule has 1 rings (SSSR count). The van der Waals surface area contributed by atoms with E-state index in [0.29, 0.717) is 29.9 Å². The van der Waals surface area contributed by atoms with Gasteiger partial charge in [-0.15, -0.1) is 0 Å². The average Bonchev–Trinajstić information content (AvgIpc) is 2.28. The number of anilines is 1. The van der Waals surface area contributed by atoms with Gasteiger partial charge in [-0.1, -0.05) is 11.6 Å². The van der Waals surface area contributed by atoms with Crippen LogP contribution in [0.15, 0.2) is 6.07 Å². The fraction of sp³-hybridized carbons (Fsp3) is 0.636. The van der Waals surface area contributed by atoms with Crippen molar-refractivity contribution in [2.75, 3.05) is 39.3 Å². The van der Waals surface area contributed by atoms with Gasteiger partial charge >= 0.3 is 0 Å².